The predicted octanol–water partition coefficient (Wildman–Crippen LogP) is 4.68. The highest BCUT2D eigenvalue weighted by Gasteiger charge is 2.39. The summed E-state index contributed by atoms with van der Waals surface area (Å²) in [6, 6.07) is 4.64. The number of halogens is 5. The maximum Gasteiger partial charge on any atom is 0.433 e. The van der Waals surface area contributed by atoms with Gasteiger partial charge in [0.2, 0.25) is 6.41 Å². The molecule has 1 aromatic heterocycles. The number of benzene rings is 1. The van der Waals surface area contributed by atoms with Crippen LogP contribution in [0.3, 0.4) is 0 Å². The largest absolute Gasteiger partial charge is 0.433 e. The molecular weight excluding hydrogens is 459 g/mol. The number of likely N-dealkylation sites (tertiary alicyclic amines) is 1. The van der Waals surface area contributed by atoms with Crippen molar-refractivity contribution in [3.63, 3.8) is 0 Å². The normalized spacial score (nSPS) is 20.9. The van der Waals surface area contributed by atoms with Crippen LogP contribution in [0.15, 0.2) is 36.5 Å². The molecule has 0 spiro atoms. The molecule has 6 nitrogen and oxygen atoms in total. The monoisotopic (exact) mass is 480 g/mol. The number of carbonyl (C=O) groups excluding carboxylic acids is 2. The molecule has 1 fully saturated rings. The van der Waals surface area contributed by atoms with Crippen LogP contribution in [-0.4, -0.2) is 46.4 Å². The number of fused-ring (bicyclic) bond motifs is 3. The number of amides is 3. The van der Waals surface area contributed by atoms with E-state index in [4.69, 9.17) is 0 Å². The van der Waals surface area contributed by atoms with Crippen molar-refractivity contribution in [1.82, 2.24) is 14.8 Å². The van der Waals surface area contributed by atoms with Gasteiger partial charge < -0.3 is 15.1 Å². The van der Waals surface area contributed by atoms with Gasteiger partial charge in [-0.1, -0.05) is 12.1 Å². The minimum Gasteiger partial charge on any atom is -0.338 e. The summed E-state index contributed by atoms with van der Waals surface area (Å²) in [6.45, 7) is 2.99. The Bertz CT molecular complexity index is 1130. The molecule has 11 heteroatoms. The average molecular weight is 480 g/mol. The first-order valence-corrected chi connectivity index (χ1v) is 10.6. The summed E-state index contributed by atoms with van der Waals surface area (Å²) >= 11 is 0. The Balaban J connectivity index is 0.000000166. The predicted molar refractivity (Wildman–Crippen MR) is 113 cm³/mol. The second kappa shape index (κ2) is 9.03. The smallest absolute Gasteiger partial charge is 0.338 e. The number of aromatic nitrogens is 1. The first-order chi connectivity index (χ1) is 16.1. The Kier molecular flexibility index (Phi) is 6.28. The lowest BCUT2D eigenvalue weighted by molar-refractivity contribution is -0.141. The summed E-state index contributed by atoms with van der Waals surface area (Å²) in [7, 11) is 0. The molecule has 5 rings (SSSR count). The van der Waals surface area contributed by atoms with E-state index in [1.165, 1.54) is 23.2 Å². The van der Waals surface area contributed by atoms with E-state index < -0.39 is 23.5 Å². The van der Waals surface area contributed by atoms with Gasteiger partial charge >= 0.3 is 12.2 Å². The highest BCUT2D eigenvalue weighted by molar-refractivity contribution is 5.92. The minimum absolute atomic E-state index is 0.0831. The topological polar surface area (TPSA) is 65.5 Å². The van der Waals surface area contributed by atoms with Crippen molar-refractivity contribution in [3.8, 4) is 0 Å². The van der Waals surface area contributed by atoms with E-state index in [1.807, 2.05) is 6.08 Å². The van der Waals surface area contributed by atoms with Crippen molar-refractivity contribution in [1.29, 1.82) is 0 Å². The number of rotatable bonds is 3. The highest BCUT2D eigenvalue weighted by Crippen LogP contribution is 2.41. The van der Waals surface area contributed by atoms with Crippen LogP contribution in [0.5, 0.6) is 0 Å². The fraction of sp³-hybridized carbons (Fsp3) is 0.348. The van der Waals surface area contributed by atoms with Crippen LogP contribution >= 0.6 is 0 Å². The van der Waals surface area contributed by atoms with Gasteiger partial charge in [0, 0.05) is 30.8 Å². The Labute approximate surface area is 192 Å². The first kappa shape index (κ1) is 23.7. The van der Waals surface area contributed by atoms with Crippen LogP contribution in [0.2, 0.25) is 0 Å². The Morgan fingerprint density at radius 3 is 2.53 bits per heavy atom. The molecule has 34 heavy (non-hydrogen) atoms. The minimum atomic E-state index is -4.41. The number of carbonyl (C=O) groups is 2. The van der Waals surface area contributed by atoms with E-state index in [-0.39, 0.29) is 30.1 Å². The number of hydrogen-bond donors (Lipinski definition) is 1. The van der Waals surface area contributed by atoms with Gasteiger partial charge in [-0.2, -0.15) is 13.2 Å². The summed E-state index contributed by atoms with van der Waals surface area (Å²) < 4.78 is 63.6. The van der Waals surface area contributed by atoms with Crippen molar-refractivity contribution >= 4 is 23.7 Å². The first-order valence-electron chi connectivity index (χ1n) is 10.6. The van der Waals surface area contributed by atoms with Gasteiger partial charge in [0.15, 0.2) is 11.6 Å². The van der Waals surface area contributed by atoms with E-state index in [2.05, 4.69) is 10.3 Å². The lowest BCUT2D eigenvalue weighted by Gasteiger charge is -2.28. The molecule has 0 radical (unpaired) electrons. The fourth-order valence-electron chi connectivity index (χ4n) is 4.39. The zero-order valence-corrected chi connectivity index (χ0v) is 18.1. The maximum atomic E-state index is 13.4. The van der Waals surface area contributed by atoms with E-state index in [1.54, 1.807) is 11.8 Å². The lowest BCUT2D eigenvalue weighted by atomic mass is 9.96. The summed E-state index contributed by atoms with van der Waals surface area (Å²) in [5.74, 6) is -1.55. The summed E-state index contributed by atoms with van der Waals surface area (Å²) in [4.78, 5) is 28.7. The van der Waals surface area contributed by atoms with E-state index in [0.29, 0.717) is 24.3 Å². The quantitative estimate of drug-likeness (QED) is 0.513. The standard InChI is InChI=1S/C13H11F3N2O.C10H10F2N2O/c14-13(15,16)12-2-1-8(5-17-12)11-4-10-3-9(11)6-18(10)7-19;1-2-14-5-6-8(13-10(14)15)4-3-7(11)9(6)12/h1-2,4-5,7,9-10H,3,6H2;3-4H,2,5H2,1H3,(H,13,15). The van der Waals surface area contributed by atoms with Crippen molar-refractivity contribution in [2.75, 3.05) is 18.4 Å². The molecule has 2 aromatic rings. The number of pyridine rings is 1. The molecule has 1 N–H and O–H groups in total. The summed E-state index contributed by atoms with van der Waals surface area (Å²) in [6.07, 6.45) is 0.488. The van der Waals surface area contributed by atoms with Crippen LogP contribution < -0.4 is 5.32 Å². The number of urea groups is 1. The number of nitrogens with one attached hydrogen (secondary N) is 1. The van der Waals surface area contributed by atoms with Gasteiger partial charge in [-0.05, 0) is 42.7 Å². The van der Waals surface area contributed by atoms with E-state index >= 15 is 0 Å². The maximum absolute atomic E-state index is 13.4. The average Bonchev–Trinajstić information content (AvgIpc) is 3.42. The van der Waals surface area contributed by atoms with Crippen molar-refractivity contribution < 1.29 is 31.5 Å². The SMILES string of the molecule is CCN1Cc2c(ccc(F)c2F)NC1=O.O=CN1CC2CC1C=C2c1ccc(C(F)(F)F)nc1. The lowest BCUT2D eigenvalue weighted by Crippen LogP contribution is -2.38. The van der Waals surface area contributed by atoms with Gasteiger partial charge in [0.25, 0.3) is 0 Å². The zero-order valence-electron chi connectivity index (χ0n) is 18.1. The molecule has 1 aliphatic carbocycles. The molecule has 180 valence electrons. The molecule has 1 aromatic carbocycles. The van der Waals surface area contributed by atoms with E-state index in [9.17, 15) is 31.5 Å². The van der Waals surface area contributed by atoms with Gasteiger partial charge in [-0.3, -0.25) is 9.78 Å². The van der Waals surface area contributed by atoms with Crippen molar-refractivity contribution in [2.24, 2.45) is 5.92 Å². The number of nitrogens with zero attached hydrogens (tertiary/aromatic N) is 3. The van der Waals surface area contributed by atoms with Gasteiger partial charge in [0.05, 0.1) is 18.3 Å². The molecule has 2 atom stereocenters. The van der Waals surface area contributed by atoms with Crippen LogP contribution in [0.1, 0.15) is 30.2 Å². The summed E-state index contributed by atoms with van der Waals surface area (Å²) in [5.41, 5.74) is 1.39. The van der Waals surface area contributed by atoms with E-state index in [0.717, 1.165) is 30.5 Å². The number of anilines is 1. The molecule has 2 unspecified atom stereocenters. The number of alkyl halides is 3. The van der Waals surface area contributed by atoms with Crippen molar-refractivity contribution in [3.05, 3.63) is 65.0 Å². The second-order valence-corrected chi connectivity index (χ2v) is 8.19. The molecule has 2 bridgehead atoms. The molecular formula is C23H21F5N4O2. The molecule has 2 aliphatic heterocycles. The highest BCUT2D eigenvalue weighted by atomic mass is 19.4. The van der Waals surface area contributed by atoms with Crippen LogP contribution in [0, 0.1) is 17.6 Å². The van der Waals surface area contributed by atoms with Gasteiger partial charge in [0.1, 0.15) is 5.69 Å². The third-order valence-electron chi connectivity index (χ3n) is 6.17. The van der Waals surface area contributed by atoms with Crippen LogP contribution in [0.4, 0.5) is 32.4 Å². The molecule has 0 saturated carbocycles. The zero-order chi connectivity index (χ0) is 24.6. The van der Waals surface area contributed by atoms with Gasteiger partial charge in [-0.15, -0.1) is 0 Å². The summed E-state index contributed by atoms with van der Waals surface area (Å²) in [5, 5.41) is 2.51. The second-order valence-electron chi connectivity index (χ2n) is 8.19. The Morgan fingerprint density at radius 1 is 1.21 bits per heavy atom. The van der Waals surface area contributed by atoms with Gasteiger partial charge in [-0.25, -0.2) is 13.6 Å². The molecule has 3 amide bonds. The third kappa shape index (κ3) is 4.46. The van der Waals surface area contributed by atoms with Crippen molar-refractivity contribution in [2.45, 2.75) is 32.1 Å². The molecule has 3 heterocycles. The molecule has 1 saturated heterocycles. The molecule has 3 aliphatic rings. The fourth-order valence-corrected chi connectivity index (χ4v) is 4.39. The Hall–Kier alpha value is -3.50. The van der Waals surface area contributed by atoms with Crippen LogP contribution in [-0.2, 0) is 17.5 Å². The Morgan fingerprint density at radius 2 is 1.97 bits per heavy atom. The van der Waals surface area contributed by atoms with Crippen LogP contribution in [0.25, 0.3) is 5.57 Å². The number of hydrogen-bond acceptors (Lipinski definition) is 3. The third-order valence-corrected chi connectivity index (χ3v) is 6.17.